The van der Waals surface area contributed by atoms with Crippen molar-refractivity contribution in [2.24, 2.45) is 11.8 Å². The predicted molar refractivity (Wildman–Crippen MR) is 68.5 cm³/mol. The molecule has 0 amide bonds. The van der Waals surface area contributed by atoms with E-state index in [2.05, 4.69) is 22.7 Å². The van der Waals surface area contributed by atoms with Crippen molar-refractivity contribution in [2.75, 3.05) is 6.61 Å². The maximum absolute atomic E-state index is 5.86. The minimum Gasteiger partial charge on any atom is -0.376 e. The second-order valence-electron chi connectivity index (χ2n) is 4.78. The molecular weight excluding hydrogens is 230 g/mol. The van der Waals surface area contributed by atoms with Crippen LogP contribution in [0.2, 0.25) is 0 Å². The van der Waals surface area contributed by atoms with Crippen molar-refractivity contribution in [3.8, 4) is 0 Å². The van der Waals surface area contributed by atoms with Crippen LogP contribution in [0.3, 0.4) is 0 Å². The van der Waals surface area contributed by atoms with E-state index < -0.39 is 0 Å². The Balaban J connectivity index is 2.16. The smallest absolute Gasteiger partial charge is 0.0909 e. The Morgan fingerprint density at radius 2 is 2.33 bits per heavy atom. The van der Waals surface area contributed by atoms with Crippen molar-refractivity contribution in [2.45, 2.75) is 51.8 Å². The number of aryl methyl sites for hydroxylation is 1. The highest BCUT2D eigenvalue weighted by atomic mass is 16.5. The number of nitrogens with one attached hydrogen (secondary N) is 1. The van der Waals surface area contributed by atoms with E-state index in [-0.39, 0.29) is 12.1 Å². The highest BCUT2D eigenvalue weighted by Gasteiger charge is 2.39. The molecule has 6 nitrogen and oxygen atoms in total. The molecule has 1 fully saturated rings. The summed E-state index contributed by atoms with van der Waals surface area (Å²) in [4.78, 5) is 0. The predicted octanol–water partition coefficient (Wildman–Crippen LogP) is 1.01. The van der Waals surface area contributed by atoms with Gasteiger partial charge in [0.2, 0.25) is 0 Å². The van der Waals surface area contributed by atoms with Gasteiger partial charge < -0.3 is 4.74 Å². The molecule has 102 valence electrons. The lowest BCUT2D eigenvalue weighted by Gasteiger charge is -2.26. The van der Waals surface area contributed by atoms with Gasteiger partial charge in [-0.05, 0) is 32.1 Å². The summed E-state index contributed by atoms with van der Waals surface area (Å²) in [6, 6.07) is -0.0287. The van der Waals surface area contributed by atoms with Gasteiger partial charge in [-0.2, -0.15) is 0 Å². The van der Waals surface area contributed by atoms with Gasteiger partial charge in [0.25, 0.3) is 0 Å². The number of hydrogen-bond acceptors (Lipinski definition) is 5. The van der Waals surface area contributed by atoms with E-state index >= 15 is 0 Å². The van der Waals surface area contributed by atoms with Gasteiger partial charge in [-0.25, -0.2) is 10.1 Å². The molecular formula is C12H23N5O. The molecule has 0 spiro atoms. The molecule has 1 heterocycles. The van der Waals surface area contributed by atoms with Crippen LogP contribution in [-0.4, -0.2) is 27.7 Å². The monoisotopic (exact) mass is 253 g/mol. The number of hydrogen-bond donors (Lipinski definition) is 2. The summed E-state index contributed by atoms with van der Waals surface area (Å²) in [7, 11) is 0. The molecule has 0 aromatic carbocycles. The Morgan fingerprint density at radius 3 is 2.89 bits per heavy atom. The van der Waals surface area contributed by atoms with E-state index in [1.807, 2.05) is 11.6 Å². The molecule has 0 radical (unpaired) electrons. The molecule has 2 rings (SSSR count). The summed E-state index contributed by atoms with van der Waals surface area (Å²) >= 11 is 0. The Morgan fingerprint density at radius 1 is 1.56 bits per heavy atom. The molecule has 2 atom stereocenters. The SMILES string of the molecule is CCCn1nncc1C(NN)C(OCC)C1CC1. The first-order chi connectivity index (χ1) is 8.81. The molecule has 6 heteroatoms. The van der Waals surface area contributed by atoms with Crippen LogP contribution in [0.5, 0.6) is 0 Å². The van der Waals surface area contributed by atoms with Gasteiger partial charge in [0.05, 0.1) is 24.0 Å². The summed E-state index contributed by atoms with van der Waals surface area (Å²) in [6.45, 7) is 5.70. The first-order valence-electron chi connectivity index (χ1n) is 6.77. The maximum Gasteiger partial charge on any atom is 0.0909 e. The van der Waals surface area contributed by atoms with Crippen molar-refractivity contribution in [1.82, 2.24) is 20.4 Å². The maximum atomic E-state index is 5.86. The molecule has 1 aromatic rings. The lowest BCUT2D eigenvalue weighted by atomic mass is 10.0. The van der Waals surface area contributed by atoms with Crippen molar-refractivity contribution >= 4 is 0 Å². The van der Waals surface area contributed by atoms with Crippen molar-refractivity contribution in [1.29, 1.82) is 0 Å². The standard InChI is InChI=1S/C12H23N5O/c1-3-7-17-10(8-14-16-17)11(15-13)12(18-4-2)9-5-6-9/h8-9,11-12,15H,3-7,13H2,1-2H3. The Hall–Kier alpha value is -0.980. The minimum atomic E-state index is -0.0287. The topological polar surface area (TPSA) is 78.0 Å². The molecule has 1 saturated carbocycles. The number of nitrogens with two attached hydrogens (primary N) is 1. The van der Waals surface area contributed by atoms with Gasteiger partial charge in [0.1, 0.15) is 0 Å². The molecule has 3 N–H and O–H groups in total. The van der Waals surface area contributed by atoms with Crippen LogP contribution in [0, 0.1) is 5.92 Å². The van der Waals surface area contributed by atoms with Gasteiger partial charge in [-0.1, -0.05) is 12.1 Å². The summed E-state index contributed by atoms with van der Waals surface area (Å²) < 4.78 is 7.78. The molecule has 2 unspecified atom stereocenters. The van der Waals surface area contributed by atoms with Gasteiger partial charge in [0, 0.05) is 13.2 Å². The van der Waals surface area contributed by atoms with E-state index in [9.17, 15) is 0 Å². The van der Waals surface area contributed by atoms with E-state index in [4.69, 9.17) is 10.6 Å². The third-order valence-electron chi connectivity index (χ3n) is 3.36. The number of nitrogens with zero attached hydrogens (tertiary/aromatic N) is 3. The summed E-state index contributed by atoms with van der Waals surface area (Å²) in [5, 5.41) is 8.11. The molecule has 0 bridgehead atoms. The van der Waals surface area contributed by atoms with Crippen LogP contribution in [0.25, 0.3) is 0 Å². The van der Waals surface area contributed by atoms with Crippen LogP contribution in [0.15, 0.2) is 6.20 Å². The highest BCUT2D eigenvalue weighted by molar-refractivity contribution is 5.07. The number of aromatic nitrogens is 3. The normalized spacial score (nSPS) is 18.8. The van der Waals surface area contributed by atoms with Crippen LogP contribution in [0.4, 0.5) is 0 Å². The first-order valence-corrected chi connectivity index (χ1v) is 6.77. The second kappa shape index (κ2) is 6.26. The lowest BCUT2D eigenvalue weighted by molar-refractivity contribution is 0.0163. The van der Waals surface area contributed by atoms with Gasteiger partial charge >= 0.3 is 0 Å². The van der Waals surface area contributed by atoms with E-state index in [1.165, 1.54) is 12.8 Å². The number of hydrazine groups is 1. The van der Waals surface area contributed by atoms with E-state index in [0.717, 1.165) is 18.7 Å². The van der Waals surface area contributed by atoms with Crippen LogP contribution >= 0.6 is 0 Å². The fraction of sp³-hybridized carbons (Fsp3) is 0.833. The molecule has 1 aliphatic rings. The van der Waals surface area contributed by atoms with Crippen LogP contribution in [-0.2, 0) is 11.3 Å². The molecule has 18 heavy (non-hydrogen) atoms. The molecule has 0 aliphatic heterocycles. The average molecular weight is 253 g/mol. The van der Waals surface area contributed by atoms with E-state index in [1.54, 1.807) is 6.20 Å². The summed E-state index contributed by atoms with van der Waals surface area (Å²) in [6.07, 6.45) is 5.37. The Labute approximate surface area is 108 Å². The van der Waals surface area contributed by atoms with Crippen molar-refractivity contribution in [3.05, 3.63) is 11.9 Å². The minimum absolute atomic E-state index is 0.0287. The average Bonchev–Trinajstić information content (AvgIpc) is 3.12. The Kier molecular flexibility index (Phi) is 4.68. The first kappa shape index (κ1) is 13.5. The summed E-state index contributed by atoms with van der Waals surface area (Å²) in [5.41, 5.74) is 3.90. The lowest BCUT2D eigenvalue weighted by Crippen LogP contribution is -2.40. The largest absolute Gasteiger partial charge is 0.376 e. The summed E-state index contributed by atoms with van der Waals surface area (Å²) in [5.74, 6) is 6.33. The van der Waals surface area contributed by atoms with Crippen molar-refractivity contribution in [3.63, 3.8) is 0 Å². The third-order valence-corrected chi connectivity index (χ3v) is 3.36. The van der Waals surface area contributed by atoms with Crippen molar-refractivity contribution < 1.29 is 4.74 Å². The van der Waals surface area contributed by atoms with Crippen LogP contribution < -0.4 is 11.3 Å². The molecule has 1 aromatic heterocycles. The Bertz CT molecular complexity index is 363. The van der Waals surface area contributed by atoms with Gasteiger partial charge in [-0.15, -0.1) is 5.10 Å². The highest BCUT2D eigenvalue weighted by Crippen LogP contribution is 2.39. The zero-order valence-electron chi connectivity index (χ0n) is 11.2. The quantitative estimate of drug-likeness (QED) is 0.534. The van der Waals surface area contributed by atoms with Gasteiger partial charge in [-0.3, -0.25) is 5.84 Å². The third kappa shape index (κ3) is 2.88. The van der Waals surface area contributed by atoms with E-state index in [0.29, 0.717) is 12.5 Å². The van der Waals surface area contributed by atoms with Gasteiger partial charge in [0.15, 0.2) is 0 Å². The fourth-order valence-electron chi connectivity index (χ4n) is 2.36. The van der Waals surface area contributed by atoms with Crippen LogP contribution in [0.1, 0.15) is 44.8 Å². The fourth-order valence-corrected chi connectivity index (χ4v) is 2.36. The number of rotatable bonds is 8. The molecule has 1 aliphatic carbocycles. The zero-order chi connectivity index (χ0) is 13.0. The molecule has 0 saturated heterocycles. The second-order valence-corrected chi connectivity index (χ2v) is 4.78. The number of ether oxygens (including phenoxy) is 1. The zero-order valence-corrected chi connectivity index (χ0v) is 11.2.